The minimum Gasteiger partial charge on any atom is -0.506 e. The van der Waals surface area contributed by atoms with E-state index in [1.165, 1.54) is 6.07 Å². The largest absolute Gasteiger partial charge is 0.506 e. The van der Waals surface area contributed by atoms with E-state index in [2.05, 4.69) is 37.2 Å². The highest BCUT2D eigenvalue weighted by Crippen LogP contribution is 2.30. The lowest BCUT2D eigenvalue weighted by molar-refractivity contribution is 0.465. The van der Waals surface area contributed by atoms with Crippen LogP contribution in [-0.2, 0) is 6.54 Å². The van der Waals surface area contributed by atoms with Crippen LogP contribution in [0.3, 0.4) is 0 Å². The van der Waals surface area contributed by atoms with Crippen molar-refractivity contribution in [2.75, 3.05) is 5.32 Å². The molecule has 18 heavy (non-hydrogen) atoms. The maximum absolute atomic E-state index is 13.6. The van der Waals surface area contributed by atoms with Gasteiger partial charge in [-0.1, -0.05) is 18.2 Å². The zero-order chi connectivity index (χ0) is 13.1. The predicted octanol–water partition coefficient (Wildman–Crippen LogP) is 4.67. The molecule has 0 radical (unpaired) electrons. The van der Waals surface area contributed by atoms with Crippen LogP contribution in [0.5, 0.6) is 5.75 Å². The molecule has 0 aliphatic heterocycles. The summed E-state index contributed by atoms with van der Waals surface area (Å²) in [4.78, 5) is 0. The lowest BCUT2D eigenvalue weighted by Gasteiger charge is -2.11. The van der Waals surface area contributed by atoms with Crippen LogP contribution < -0.4 is 5.32 Å². The lowest BCUT2D eigenvalue weighted by Crippen LogP contribution is -2.02. The molecule has 0 bridgehead atoms. The lowest BCUT2D eigenvalue weighted by atomic mass is 10.2. The molecule has 0 aliphatic rings. The second kappa shape index (κ2) is 5.71. The van der Waals surface area contributed by atoms with Crippen LogP contribution in [-0.4, -0.2) is 5.11 Å². The number of anilines is 1. The van der Waals surface area contributed by atoms with Crippen LogP contribution >= 0.6 is 31.9 Å². The molecule has 2 aromatic rings. The van der Waals surface area contributed by atoms with Crippen molar-refractivity contribution in [3.8, 4) is 5.75 Å². The molecule has 0 saturated carbocycles. The van der Waals surface area contributed by atoms with Crippen molar-refractivity contribution < 1.29 is 9.50 Å². The van der Waals surface area contributed by atoms with Crippen LogP contribution in [0.4, 0.5) is 10.1 Å². The van der Waals surface area contributed by atoms with Gasteiger partial charge in [-0.2, -0.15) is 0 Å². The summed E-state index contributed by atoms with van der Waals surface area (Å²) in [6.07, 6.45) is 0. The van der Waals surface area contributed by atoms with E-state index in [9.17, 15) is 9.50 Å². The van der Waals surface area contributed by atoms with Crippen molar-refractivity contribution in [2.24, 2.45) is 0 Å². The highest BCUT2D eigenvalue weighted by molar-refractivity contribution is 9.11. The fourth-order valence-electron chi connectivity index (χ4n) is 1.55. The maximum Gasteiger partial charge on any atom is 0.147 e. The standard InChI is InChI=1S/C13H10Br2FNO/c14-9-4-2-6-11(16)12(9)17-7-8-3-1-5-10(15)13(8)18/h1-6,17-18H,7H2. The first-order valence-electron chi connectivity index (χ1n) is 5.24. The van der Waals surface area contributed by atoms with Crippen LogP contribution in [0.2, 0.25) is 0 Å². The number of hydrogen-bond acceptors (Lipinski definition) is 2. The Morgan fingerprint density at radius 1 is 1.06 bits per heavy atom. The summed E-state index contributed by atoms with van der Waals surface area (Å²) >= 11 is 6.52. The van der Waals surface area contributed by atoms with Gasteiger partial charge in [0.05, 0.1) is 10.2 Å². The maximum atomic E-state index is 13.6. The molecule has 0 fully saturated rings. The SMILES string of the molecule is Oc1c(Br)cccc1CNc1c(F)cccc1Br. The monoisotopic (exact) mass is 373 g/mol. The number of phenolic OH excluding ortho intramolecular Hbond substituents is 1. The summed E-state index contributed by atoms with van der Waals surface area (Å²) in [6, 6.07) is 10.1. The second-order valence-corrected chi connectivity index (χ2v) is 5.41. The summed E-state index contributed by atoms with van der Waals surface area (Å²) < 4.78 is 14.8. The first kappa shape index (κ1) is 13.4. The van der Waals surface area contributed by atoms with E-state index >= 15 is 0 Å². The highest BCUT2D eigenvalue weighted by Gasteiger charge is 2.08. The molecule has 2 rings (SSSR count). The molecule has 0 amide bonds. The number of para-hydroxylation sites is 2. The molecule has 94 valence electrons. The number of benzene rings is 2. The zero-order valence-electron chi connectivity index (χ0n) is 9.25. The number of nitrogens with one attached hydrogen (secondary N) is 1. The van der Waals surface area contributed by atoms with Gasteiger partial charge in [0, 0.05) is 16.6 Å². The smallest absolute Gasteiger partial charge is 0.147 e. The Morgan fingerprint density at radius 2 is 1.72 bits per heavy atom. The van der Waals surface area contributed by atoms with E-state index in [4.69, 9.17) is 0 Å². The average Bonchev–Trinajstić information content (AvgIpc) is 2.33. The molecule has 2 nitrogen and oxygen atoms in total. The van der Waals surface area contributed by atoms with E-state index in [1.807, 2.05) is 6.07 Å². The van der Waals surface area contributed by atoms with Gasteiger partial charge in [-0.3, -0.25) is 0 Å². The van der Waals surface area contributed by atoms with Crippen LogP contribution in [0.1, 0.15) is 5.56 Å². The van der Waals surface area contributed by atoms with Gasteiger partial charge in [0.1, 0.15) is 11.6 Å². The van der Waals surface area contributed by atoms with Gasteiger partial charge in [-0.15, -0.1) is 0 Å². The Kier molecular flexibility index (Phi) is 4.24. The second-order valence-electron chi connectivity index (χ2n) is 3.70. The third-order valence-corrected chi connectivity index (χ3v) is 3.79. The van der Waals surface area contributed by atoms with Gasteiger partial charge in [0.2, 0.25) is 0 Å². The number of aromatic hydroxyl groups is 1. The van der Waals surface area contributed by atoms with Gasteiger partial charge >= 0.3 is 0 Å². The van der Waals surface area contributed by atoms with Crippen LogP contribution in [0.25, 0.3) is 0 Å². The Balaban J connectivity index is 2.19. The first-order chi connectivity index (χ1) is 8.59. The topological polar surface area (TPSA) is 32.3 Å². The molecule has 2 N–H and O–H groups in total. The highest BCUT2D eigenvalue weighted by atomic mass is 79.9. The van der Waals surface area contributed by atoms with Crippen molar-refractivity contribution in [1.29, 1.82) is 0 Å². The van der Waals surface area contributed by atoms with Gasteiger partial charge in [0.15, 0.2) is 0 Å². The molecular formula is C13H10Br2FNO. The minimum absolute atomic E-state index is 0.164. The van der Waals surface area contributed by atoms with Crippen molar-refractivity contribution in [2.45, 2.75) is 6.54 Å². The van der Waals surface area contributed by atoms with E-state index < -0.39 is 0 Å². The Bertz CT molecular complexity index is 555. The van der Waals surface area contributed by atoms with Crippen molar-refractivity contribution >= 4 is 37.5 Å². The normalized spacial score (nSPS) is 10.4. The summed E-state index contributed by atoms with van der Waals surface area (Å²) in [6.45, 7) is 0.338. The van der Waals surface area contributed by atoms with E-state index in [0.717, 1.165) is 0 Å². The van der Waals surface area contributed by atoms with Gasteiger partial charge in [-0.25, -0.2) is 4.39 Å². The zero-order valence-corrected chi connectivity index (χ0v) is 12.4. The number of phenols is 1. The molecule has 0 saturated heterocycles. The molecule has 0 unspecified atom stereocenters. The molecule has 0 aliphatic carbocycles. The van der Waals surface area contributed by atoms with Gasteiger partial charge in [0.25, 0.3) is 0 Å². The molecule has 0 spiro atoms. The minimum atomic E-state index is -0.334. The molecule has 0 atom stereocenters. The molecule has 0 heterocycles. The third-order valence-electron chi connectivity index (χ3n) is 2.49. The van der Waals surface area contributed by atoms with Crippen LogP contribution in [0, 0.1) is 5.82 Å². The third kappa shape index (κ3) is 2.84. The van der Waals surface area contributed by atoms with Crippen molar-refractivity contribution in [3.63, 3.8) is 0 Å². The molecule has 2 aromatic carbocycles. The fourth-order valence-corrected chi connectivity index (χ4v) is 2.44. The fraction of sp³-hybridized carbons (Fsp3) is 0.0769. The molecular weight excluding hydrogens is 365 g/mol. The van der Waals surface area contributed by atoms with Gasteiger partial charge < -0.3 is 10.4 Å². The number of rotatable bonds is 3. The Labute approximate surface area is 121 Å². The van der Waals surface area contributed by atoms with Crippen molar-refractivity contribution in [1.82, 2.24) is 0 Å². The summed E-state index contributed by atoms with van der Waals surface area (Å²) in [5, 5.41) is 12.8. The summed E-state index contributed by atoms with van der Waals surface area (Å²) in [7, 11) is 0. The Hall–Kier alpha value is -1.07. The van der Waals surface area contributed by atoms with E-state index in [-0.39, 0.29) is 11.6 Å². The average molecular weight is 375 g/mol. The Morgan fingerprint density at radius 3 is 2.44 bits per heavy atom. The van der Waals surface area contributed by atoms with E-state index in [1.54, 1.807) is 24.3 Å². The quantitative estimate of drug-likeness (QED) is 0.818. The summed E-state index contributed by atoms with van der Waals surface area (Å²) in [5.41, 5.74) is 1.08. The first-order valence-corrected chi connectivity index (χ1v) is 6.82. The van der Waals surface area contributed by atoms with Crippen molar-refractivity contribution in [3.05, 3.63) is 56.7 Å². The van der Waals surface area contributed by atoms with Crippen LogP contribution in [0.15, 0.2) is 45.3 Å². The predicted molar refractivity (Wildman–Crippen MR) is 77.2 cm³/mol. The van der Waals surface area contributed by atoms with Gasteiger partial charge in [-0.05, 0) is 50.1 Å². The molecule has 5 heteroatoms. The van der Waals surface area contributed by atoms with E-state index in [0.29, 0.717) is 26.7 Å². The number of halogens is 3. The molecule has 0 aromatic heterocycles. The number of hydrogen-bond donors (Lipinski definition) is 2. The summed E-state index contributed by atoms with van der Waals surface area (Å²) in [5.74, 6) is -0.170.